The van der Waals surface area contributed by atoms with Crippen molar-refractivity contribution < 1.29 is 40.7 Å². The van der Waals surface area contributed by atoms with Crippen LogP contribution < -0.4 is 14.8 Å². The van der Waals surface area contributed by atoms with E-state index in [1.54, 1.807) is 6.07 Å². The third-order valence-corrected chi connectivity index (χ3v) is 10.9. The number of carbonyl (C=O) groups excluding carboxylic acids is 2. The van der Waals surface area contributed by atoms with E-state index < -0.39 is 33.1 Å². The fourth-order valence-corrected chi connectivity index (χ4v) is 7.42. The van der Waals surface area contributed by atoms with Crippen LogP contribution in [0.5, 0.6) is 5.88 Å². The highest BCUT2D eigenvalue weighted by Crippen LogP contribution is 2.59. The molecule has 0 aromatic carbocycles. The van der Waals surface area contributed by atoms with Gasteiger partial charge in [-0.3, -0.25) is 9.78 Å². The smallest absolute Gasteiger partial charge is 0.410 e. The first-order valence-electron chi connectivity index (χ1n) is 17.3. The van der Waals surface area contributed by atoms with Gasteiger partial charge in [-0.1, -0.05) is 11.6 Å². The van der Waals surface area contributed by atoms with Gasteiger partial charge in [0.15, 0.2) is 5.82 Å². The van der Waals surface area contributed by atoms with Gasteiger partial charge in [-0.2, -0.15) is 13.2 Å². The van der Waals surface area contributed by atoms with Crippen LogP contribution in [-0.4, -0.2) is 82.1 Å². The molecule has 0 bridgehead atoms. The molecule has 0 radical (unpaired) electrons. The summed E-state index contributed by atoms with van der Waals surface area (Å²) in [6.07, 6.45) is 0.755. The van der Waals surface area contributed by atoms with Crippen molar-refractivity contribution in [2.75, 3.05) is 19.7 Å². The molecule has 290 valence electrons. The average molecular weight is 784 g/mol. The van der Waals surface area contributed by atoms with Crippen LogP contribution in [0, 0.1) is 11.3 Å². The number of carbonyl (C=O) groups is 2. The van der Waals surface area contributed by atoms with E-state index in [4.69, 9.17) is 21.1 Å². The van der Waals surface area contributed by atoms with E-state index in [2.05, 4.69) is 34.2 Å². The van der Waals surface area contributed by atoms with Gasteiger partial charge < -0.3 is 19.7 Å². The second kappa shape index (κ2) is 15.4. The largest absolute Gasteiger partial charge is 0.477 e. The zero-order valence-electron chi connectivity index (χ0n) is 30.3. The van der Waals surface area contributed by atoms with Crippen molar-refractivity contribution in [3.8, 4) is 11.7 Å². The lowest BCUT2D eigenvalue weighted by molar-refractivity contribution is -0.190. The standard InChI is InChI=1S/C35H45ClF3N7O6S/c1-32(2,3)52-31(48)45-22-23(19-33(45,4)5)7-6-16-40-20-24-8-9-25(21-41-24)53(49,50)44-30(47)26-10-11-27(42-29(26)36)46-17-12-28(43-46)51-18-15-34(13-14-34)35(37,38)39/h8-12,17,21,23,40H,6-7,13-16,18-20,22H2,1-5H3,(H,44,47). The fourth-order valence-electron chi connectivity index (χ4n) is 6.27. The minimum absolute atomic E-state index is 0.0843. The third kappa shape index (κ3) is 10.2. The van der Waals surface area contributed by atoms with Crippen LogP contribution in [-0.2, 0) is 21.3 Å². The van der Waals surface area contributed by atoms with E-state index in [-0.39, 0.29) is 64.8 Å². The van der Waals surface area contributed by atoms with Crippen LogP contribution in [0.15, 0.2) is 47.6 Å². The summed E-state index contributed by atoms with van der Waals surface area (Å²) in [5.41, 5.74) is -2.12. The first-order valence-corrected chi connectivity index (χ1v) is 19.2. The Morgan fingerprint density at radius 3 is 2.45 bits per heavy atom. The number of aromatic nitrogens is 4. The van der Waals surface area contributed by atoms with Gasteiger partial charge in [-0.15, -0.1) is 5.10 Å². The first kappa shape index (κ1) is 40.2. The first-order chi connectivity index (χ1) is 24.7. The fraction of sp³-hybridized carbons (Fsp3) is 0.571. The van der Waals surface area contributed by atoms with Gasteiger partial charge in [0, 0.05) is 37.1 Å². The maximum absolute atomic E-state index is 13.1. The molecule has 2 fully saturated rings. The molecule has 3 aromatic rings. The van der Waals surface area contributed by atoms with Gasteiger partial charge in [0.05, 0.1) is 23.3 Å². The number of hydrogen-bond acceptors (Lipinski definition) is 10. The molecule has 0 spiro atoms. The molecule has 4 heterocycles. The van der Waals surface area contributed by atoms with E-state index >= 15 is 0 Å². The van der Waals surface area contributed by atoms with E-state index in [9.17, 15) is 31.2 Å². The zero-order valence-corrected chi connectivity index (χ0v) is 31.9. The topological polar surface area (TPSA) is 158 Å². The van der Waals surface area contributed by atoms with Crippen molar-refractivity contribution in [3.63, 3.8) is 0 Å². The molecule has 1 aliphatic carbocycles. The summed E-state index contributed by atoms with van der Waals surface area (Å²) < 4.78 is 79.6. The molecule has 2 amide bonds. The quantitative estimate of drug-likeness (QED) is 0.138. The highest BCUT2D eigenvalue weighted by atomic mass is 35.5. The minimum atomic E-state index is -4.30. The van der Waals surface area contributed by atoms with Crippen molar-refractivity contribution in [3.05, 3.63) is 59.1 Å². The van der Waals surface area contributed by atoms with Gasteiger partial charge in [-0.25, -0.2) is 27.6 Å². The number of rotatable bonds is 14. The summed E-state index contributed by atoms with van der Waals surface area (Å²) >= 11 is 6.23. The van der Waals surface area contributed by atoms with Crippen LogP contribution in [0.2, 0.25) is 5.15 Å². The molecule has 5 rings (SSSR count). The number of hydrogen-bond donors (Lipinski definition) is 2. The van der Waals surface area contributed by atoms with Crippen molar-refractivity contribution in [1.82, 2.24) is 34.7 Å². The number of nitrogens with zero attached hydrogens (tertiary/aromatic N) is 5. The molecule has 1 unspecified atom stereocenters. The van der Waals surface area contributed by atoms with Gasteiger partial charge in [-0.05, 0) is 110 Å². The van der Waals surface area contributed by atoms with E-state index in [0.29, 0.717) is 31.2 Å². The monoisotopic (exact) mass is 783 g/mol. The highest BCUT2D eigenvalue weighted by Gasteiger charge is 2.62. The molecular formula is C35H45ClF3N7O6S. The summed E-state index contributed by atoms with van der Waals surface area (Å²) in [5.74, 6) is -0.404. The summed E-state index contributed by atoms with van der Waals surface area (Å²) in [7, 11) is -4.30. The number of likely N-dealkylation sites (tertiary alicyclic amines) is 1. The summed E-state index contributed by atoms with van der Waals surface area (Å²) in [5, 5.41) is 7.15. The summed E-state index contributed by atoms with van der Waals surface area (Å²) in [4.78, 5) is 35.5. The number of halogens is 4. The Morgan fingerprint density at radius 2 is 1.83 bits per heavy atom. The molecule has 1 saturated carbocycles. The predicted molar refractivity (Wildman–Crippen MR) is 189 cm³/mol. The van der Waals surface area contributed by atoms with Crippen LogP contribution in [0.1, 0.15) is 89.2 Å². The summed E-state index contributed by atoms with van der Waals surface area (Å²) in [6.45, 7) is 11.3. The second-order valence-electron chi connectivity index (χ2n) is 15.2. The minimum Gasteiger partial charge on any atom is -0.477 e. The second-order valence-corrected chi connectivity index (χ2v) is 17.2. The molecule has 1 atom stereocenters. The van der Waals surface area contributed by atoms with E-state index in [1.807, 2.05) is 30.4 Å². The molecule has 53 heavy (non-hydrogen) atoms. The zero-order chi connectivity index (χ0) is 38.8. The molecule has 3 aromatic heterocycles. The van der Waals surface area contributed by atoms with Gasteiger partial charge >= 0.3 is 12.3 Å². The Balaban J connectivity index is 1.06. The van der Waals surface area contributed by atoms with Crippen LogP contribution in [0.3, 0.4) is 0 Å². The number of nitrogens with one attached hydrogen (secondary N) is 2. The van der Waals surface area contributed by atoms with Crippen molar-refractivity contribution in [1.29, 1.82) is 0 Å². The van der Waals surface area contributed by atoms with Gasteiger partial charge in [0.1, 0.15) is 15.6 Å². The van der Waals surface area contributed by atoms with Gasteiger partial charge in [0.2, 0.25) is 5.88 Å². The van der Waals surface area contributed by atoms with Crippen LogP contribution in [0.4, 0.5) is 18.0 Å². The number of alkyl halides is 3. The Bertz CT molecular complexity index is 1890. The van der Waals surface area contributed by atoms with Crippen LogP contribution in [0.25, 0.3) is 5.82 Å². The number of sulfonamides is 1. The maximum Gasteiger partial charge on any atom is 0.410 e. The molecule has 1 saturated heterocycles. The predicted octanol–water partition coefficient (Wildman–Crippen LogP) is 6.45. The molecule has 18 heteroatoms. The lowest BCUT2D eigenvalue weighted by Gasteiger charge is -2.33. The van der Waals surface area contributed by atoms with Crippen molar-refractivity contribution in [2.45, 2.75) is 102 Å². The summed E-state index contributed by atoms with van der Waals surface area (Å²) in [6, 6.07) is 7.00. The SMILES string of the molecule is CC(C)(C)OC(=O)N1CC(CCCNCc2ccc(S(=O)(=O)NC(=O)c3ccc(-n4ccc(OCCC5(C(F)(F)F)CC5)n4)nc3Cl)cn2)CC1(C)C. The molecule has 2 aliphatic rings. The van der Waals surface area contributed by atoms with E-state index in [1.165, 1.54) is 35.1 Å². The van der Waals surface area contributed by atoms with Gasteiger partial charge in [0.25, 0.3) is 15.9 Å². The normalized spacial score (nSPS) is 18.1. The lowest BCUT2D eigenvalue weighted by atomic mass is 9.93. The Kier molecular flexibility index (Phi) is 11.7. The maximum atomic E-state index is 13.1. The van der Waals surface area contributed by atoms with Crippen molar-refractivity contribution in [2.24, 2.45) is 11.3 Å². The Hall–Kier alpha value is -3.96. The number of ether oxygens (including phenoxy) is 2. The molecule has 1 aliphatic heterocycles. The van der Waals surface area contributed by atoms with E-state index in [0.717, 1.165) is 25.5 Å². The molecule has 13 nitrogen and oxygen atoms in total. The Labute approximate surface area is 312 Å². The lowest BCUT2D eigenvalue weighted by Crippen LogP contribution is -2.45. The highest BCUT2D eigenvalue weighted by molar-refractivity contribution is 7.90. The number of amides is 2. The molecular weight excluding hydrogens is 739 g/mol. The average Bonchev–Trinajstić information content (AvgIpc) is 3.59. The van der Waals surface area contributed by atoms with Crippen molar-refractivity contribution >= 4 is 33.6 Å². The Morgan fingerprint density at radius 1 is 1.09 bits per heavy atom. The third-order valence-electron chi connectivity index (χ3n) is 9.34. The number of pyridine rings is 2. The van der Waals surface area contributed by atoms with Crippen LogP contribution >= 0.6 is 11.6 Å². The molecule has 2 N–H and O–H groups in total.